The van der Waals surface area contributed by atoms with Crippen molar-refractivity contribution < 1.29 is 4.79 Å². The Labute approximate surface area is 137 Å². The molecular weight excluding hydrogens is 317 g/mol. The molecule has 0 saturated carbocycles. The van der Waals surface area contributed by atoms with E-state index < -0.39 is 0 Å². The quantitative estimate of drug-likeness (QED) is 0.897. The molecule has 1 atom stereocenters. The minimum absolute atomic E-state index is 0. The first-order valence-corrected chi connectivity index (χ1v) is 7.41. The Balaban J connectivity index is 0.00000180. The average Bonchev–Trinajstić information content (AvgIpc) is 2.97. The fraction of sp³-hybridized carbons (Fsp3) is 0.692. The van der Waals surface area contributed by atoms with Crippen LogP contribution in [0.5, 0.6) is 0 Å². The summed E-state index contributed by atoms with van der Waals surface area (Å²) in [4.78, 5) is 18.1. The van der Waals surface area contributed by atoms with Gasteiger partial charge < -0.3 is 10.2 Å². The zero-order valence-corrected chi connectivity index (χ0v) is 14.4. The topological polar surface area (TPSA) is 45.2 Å². The van der Waals surface area contributed by atoms with Crippen LogP contribution in [0.3, 0.4) is 0 Å². The second-order valence-electron chi connectivity index (χ2n) is 4.94. The molecule has 1 N–H and O–H groups in total. The molecule has 4 nitrogen and oxygen atoms in total. The number of carbonyl (C=O) groups is 1. The normalized spacial score (nSPS) is 17.2. The van der Waals surface area contributed by atoms with E-state index in [0.29, 0.717) is 19.0 Å². The van der Waals surface area contributed by atoms with Gasteiger partial charge in [-0.1, -0.05) is 0 Å². The summed E-state index contributed by atoms with van der Waals surface area (Å²) in [6.45, 7) is 3.72. The van der Waals surface area contributed by atoms with E-state index >= 15 is 0 Å². The van der Waals surface area contributed by atoms with Gasteiger partial charge in [-0.3, -0.25) is 4.79 Å². The maximum Gasteiger partial charge on any atom is 0.222 e. The van der Waals surface area contributed by atoms with E-state index in [1.54, 1.807) is 16.2 Å². The van der Waals surface area contributed by atoms with Crippen molar-refractivity contribution in [3.63, 3.8) is 0 Å². The van der Waals surface area contributed by atoms with Gasteiger partial charge in [0.15, 0.2) is 0 Å². The van der Waals surface area contributed by atoms with E-state index in [1.165, 1.54) is 12.8 Å². The molecule has 2 rings (SSSR count). The van der Waals surface area contributed by atoms with Crippen LogP contribution in [0.15, 0.2) is 5.38 Å². The van der Waals surface area contributed by atoms with Crippen LogP contribution in [-0.2, 0) is 11.3 Å². The van der Waals surface area contributed by atoms with Gasteiger partial charge in [-0.05, 0) is 32.7 Å². The molecule has 20 heavy (non-hydrogen) atoms. The van der Waals surface area contributed by atoms with Crippen molar-refractivity contribution in [3.8, 4) is 0 Å². The molecule has 1 aliphatic heterocycles. The van der Waals surface area contributed by atoms with Crippen LogP contribution < -0.4 is 5.32 Å². The second kappa shape index (κ2) is 9.55. The van der Waals surface area contributed by atoms with Crippen LogP contribution in [0.2, 0.25) is 0 Å². The number of hydrogen-bond acceptors (Lipinski definition) is 4. The summed E-state index contributed by atoms with van der Waals surface area (Å²) >= 11 is 1.63. The molecule has 0 aliphatic carbocycles. The van der Waals surface area contributed by atoms with Crippen LogP contribution in [0, 0.1) is 6.92 Å². The lowest BCUT2D eigenvalue weighted by molar-refractivity contribution is -0.130. The number of nitrogens with one attached hydrogen (secondary N) is 1. The van der Waals surface area contributed by atoms with Crippen LogP contribution in [0.1, 0.15) is 36.4 Å². The number of carbonyl (C=O) groups excluding carboxylic acids is 1. The van der Waals surface area contributed by atoms with Gasteiger partial charge in [-0.15, -0.1) is 36.2 Å². The highest BCUT2D eigenvalue weighted by Crippen LogP contribution is 2.13. The summed E-state index contributed by atoms with van der Waals surface area (Å²) in [6, 6.07) is 0.545. The molecule has 1 unspecified atom stereocenters. The van der Waals surface area contributed by atoms with Gasteiger partial charge >= 0.3 is 0 Å². The number of thiazole rings is 1. The first-order chi connectivity index (χ1) is 8.65. The Hall–Kier alpha value is -0.360. The predicted molar refractivity (Wildman–Crippen MR) is 88.1 cm³/mol. The van der Waals surface area contributed by atoms with Gasteiger partial charge in [0.1, 0.15) is 0 Å². The van der Waals surface area contributed by atoms with Crippen molar-refractivity contribution in [1.29, 1.82) is 0 Å². The number of hydrogen-bond donors (Lipinski definition) is 1. The highest BCUT2D eigenvalue weighted by molar-refractivity contribution is 7.09. The van der Waals surface area contributed by atoms with E-state index in [2.05, 4.69) is 10.3 Å². The lowest BCUT2D eigenvalue weighted by Crippen LogP contribution is -2.29. The van der Waals surface area contributed by atoms with Gasteiger partial charge in [0, 0.05) is 24.9 Å². The Morgan fingerprint density at radius 2 is 2.30 bits per heavy atom. The molecule has 2 heterocycles. The number of nitrogens with zero attached hydrogens (tertiary/aromatic N) is 2. The molecule has 0 bridgehead atoms. The zero-order chi connectivity index (χ0) is 13.0. The Morgan fingerprint density at radius 3 is 2.85 bits per heavy atom. The minimum atomic E-state index is 0. The Morgan fingerprint density at radius 1 is 1.55 bits per heavy atom. The van der Waals surface area contributed by atoms with E-state index in [0.717, 1.165) is 23.7 Å². The fourth-order valence-electron chi connectivity index (χ4n) is 2.30. The summed E-state index contributed by atoms with van der Waals surface area (Å²) in [7, 11) is 1.86. The third-order valence-corrected chi connectivity index (χ3v) is 4.18. The molecule has 1 aliphatic rings. The molecule has 0 aromatic carbocycles. The van der Waals surface area contributed by atoms with E-state index in [9.17, 15) is 4.79 Å². The summed E-state index contributed by atoms with van der Waals surface area (Å²) in [6.07, 6.45) is 4.05. The number of amides is 1. The van der Waals surface area contributed by atoms with Gasteiger partial charge in [0.2, 0.25) is 5.91 Å². The van der Waals surface area contributed by atoms with Gasteiger partial charge in [-0.2, -0.15) is 0 Å². The molecule has 7 heteroatoms. The zero-order valence-electron chi connectivity index (χ0n) is 11.9. The van der Waals surface area contributed by atoms with Crippen LogP contribution in [-0.4, -0.2) is 35.4 Å². The average molecular weight is 340 g/mol. The molecule has 116 valence electrons. The van der Waals surface area contributed by atoms with Gasteiger partial charge in [-0.25, -0.2) is 4.98 Å². The number of rotatable bonds is 5. The molecule has 1 fully saturated rings. The van der Waals surface area contributed by atoms with Crippen molar-refractivity contribution in [1.82, 2.24) is 15.2 Å². The Kier molecular flexibility index (Phi) is 9.38. The van der Waals surface area contributed by atoms with E-state index in [1.807, 2.05) is 19.4 Å². The lowest BCUT2D eigenvalue weighted by atomic mass is 10.1. The smallest absolute Gasteiger partial charge is 0.222 e. The maximum absolute atomic E-state index is 12.0. The van der Waals surface area contributed by atoms with Crippen molar-refractivity contribution in [2.24, 2.45) is 0 Å². The first-order valence-electron chi connectivity index (χ1n) is 6.53. The predicted octanol–water partition coefficient (Wildman–Crippen LogP) is 2.79. The first kappa shape index (κ1) is 19.6. The summed E-state index contributed by atoms with van der Waals surface area (Å²) in [5.74, 6) is 0.217. The SMILES string of the molecule is Cc1nc(CN(C)C(=O)CCC2CCCN2)cs1.Cl.Cl. The third-order valence-electron chi connectivity index (χ3n) is 3.36. The van der Waals surface area contributed by atoms with Crippen molar-refractivity contribution in [2.75, 3.05) is 13.6 Å². The van der Waals surface area contributed by atoms with Crippen molar-refractivity contribution in [3.05, 3.63) is 16.1 Å². The van der Waals surface area contributed by atoms with Crippen LogP contribution >= 0.6 is 36.2 Å². The molecule has 1 aromatic rings. The standard InChI is InChI=1S/C13H21N3OS.2ClH/c1-10-15-12(9-18-10)8-16(2)13(17)6-5-11-4-3-7-14-11;;/h9,11,14H,3-8H2,1-2H3;2*1H. The lowest BCUT2D eigenvalue weighted by Gasteiger charge is -2.17. The van der Waals surface area contributed by atoms with E-state index in [4.69, 9.17) is 0 Å². The molecule has 1 saturated heterocycles. The number of aromatic nitrogens is 1. The van der Waals surface area contributed by atoms with Crippen molar-refractivity contribution >= 4 is 42.1 Å². The van der Waals surface area contributed by atoms with E-state index in [-0.39, 0.29) is 30.7 Å². The van der Waals surface area contributed by atoms with Crippen LogP contribution in [0.4, 0.5) is 0 Å². The maximum atomic E-state index is 12.0. The van der Waals surface area contributed by atoms with Crippen LogP contribution in [0.25, 0.3) is 0 Å². The fourth-order valence-corrected chi connectivity index (χ4v) is 2.91. The highest BCUT2D eigenvalue weighted by atomic mass is 35.5. The largest absolute Gasteiger partial charge is 0.340 e. The highest BCUT2D eigenvalue weighted by Gasteiger charge is 2.17. The second-order valence-corrected chi connectivity index (χ2v) is 6.00. The number of aryl methyl sites for hydroxylation is 1. The monoisotopic (exact) mass is 339 g/mol. The van der Waals surface area contributed by atoms with Gasteiger partial charge in [0.25, 0.3) is 0 Å². The minimum Gasteiger partial charge on any atom is -0.340 e. The molecule has 0 radical (unpaired) electrons. The van der Waals surface area contributed by atoms with Crippen molar-refractivity contribution in [2.45, 2.75) is 45.2 Å². The molecule has 1 amide bonds. The summed E-state index contributed by atoms with van der Waals surface area (Å²) in [5.41, 5.74) is 0.993. The van der Waals surface area contributed by atoms with Gasteiger partial charge in [0.05, 0.1) is 17.2 Å². The number of halogens is 2. The Bertz CT molecular complexity index is 408. The summed E-state index contributed by atoms with van der Waals surface area (Å²) < 4.78 is 0. The molecule has 0 spiro atoms. The molecule has 1 aromatic heterocycles. The summed E-state index contributed by atoms with van der Waals surface area (Å²) in [5, 5.41) is 6.50. The molecular formula is C13H23Cl2N3OS. The third kappa shape index (κ3) is 5.95.